The number of likely N-dealkylation sites (N-methyl/N-ethyl adjacent to an activating group) is 1. The molecule has 0 radical (unpaired) electrons. The molecule has 1 aromatic rings. The highest BCUT2D eigenvalue weighted by atomic mass is 19.1. The molecule has 0 amide bonds. The molecule has 118 valence electrons. The molecule has 2 N–H and O–H groups in total. The van der Waals surface area contributed by atoms with Crippen LogP contribution in [0.1, 0.15) is 63.5 Å². The zero-order valence-electron chi connectivity index (χ0n) is 13.4. The Morgan fingerprint density at radius 1 is 1.19 bits per heavy atom. The Bertz CT molecular complexity index is 427. The highest BCUT2D eigenvalue weighted by Crippen LogP contribution is 2.32. The SMILES string of the molecule is CCC(N)C(c1ccccc1F)N(C)C1CCCCCC1. The van der Waals surface area contributed by atoms with Gasteiger partial charge in [-0.05, 0) is 32.4 Å². The average Bonchev–Trinajstić information content (AvgIpc) is 2.78. The summed E-state index contributed by atoms with van der Waals surface area (Å²) in [6.07, 6.45) is 8.48. The van der Waals surface area contributed by atoms with E-state index in [9.17, 15) is 4.39 Å². The van der Waals surface area contributed by atoms with Crippen molar-refractivity contribution in [1.29, 1.82) is 0 Å². The van der Waals surface area contributed by atoms with Crippen molar-refractivity contribution in [2.45, 2.75) is 70.0 Å². The smallest absolute Gasteiger partial charge is 0.128 e. The molecule has 1 fully saturated rings. The van der Waals surface area contributed by atoms with Gasteiger partial charge in [-0.25, -0.2) is 4.39 Å². The first-order valence-corrected chi connectivity index (χ1v) is 8.37. The van der Waals surface area contributed by atoms with E-state index < -0.39 is 0 Å². The van der Waals surface area contributed by atoms with Crippen LogP contribution in [0.3, 0.4) is 0 Å². The standard InChI is InChI=1S/C18H29FN2/c1-3-17(20)18(15-12-8-9-13-16(15)19)21(2)14-10-6-4-5-7-11-14/h8-9,12-14,17-18H,3-7,10-11,20H2,1-2H3. The summed E-state index contributed by atoms with van der Waals surface area (Å²) in [5, 5.41) is 0. The third kappa shape index (κ3) is 4.04. The average molecular weight is 292 g/mol. The van der Waals surface area contributed by atoms with E-state index in [1.54, 1.807) is 12.1 Å². The Kier molecular flexibility index (Phi) is 6.19. The van der Waals surface area contributed by atoms with Crippen molar-refractivity contribution in [3.8, 4) is 0 Å². The maximum atomic E-state index is 14.3. The van der Waals surface area contributed by atoms with Gasteiger partial charge in [0.05, 0.1) is 6.04 Å². The lowest BCUT2D eigenvalue weighted by molar-refractivity contribution is 0.132. The lowest BCUT2D eigenvalue weighted by atomic mass is 9.93. The first kappa shape index (κ1) is 16.4. The van der Waals surface area contributed by atoms with Crippen LogP contribution in [0.4, 0.5) is 4.39 Å². The van der Waals surface area contributed by atoms with E-state index in [1.807, 2.05) is 12.1 Å². The van der Waals surface area contributed by atoms with E-state index in [0.29, 0.717) is 6.04 Å². The Morgan fingerprint density at radius 3 is 2.38 bits per heavy atom. The molecule has 1 aliphatic carbocycles. The third-order valence-electron chi connectivity index (χ3n) is 4.94. The second kappa shape index (κ2) is 7.90. The minimum absolute atomic E-state index is 0.0284. The first-order chi connectivity index (χ1) is 10.1. The summed E-state index contributed by atoms with van der Waals surface area (Å²) in [5.74, 6) is -0.133. The summed E-state index contributed by atoms with van der Waals surface area (Å²) in [4.78, 5) is 2.35. The summed E-state index contributed by atoms with van der Waals surface area (Å²) in [7, 11) is 2.13. The van der Waals surface area contributed by atoms with Gasteiger partial charge >= 0.3 is 0 Å². The van der Waals surface area contributed by atoms with Crippen LogP contribution in [0.15, 0.2) is 24.3 Å². The van der Waals surface area contributed by atoms with Gasteiger partial charge in [-0.2, -0.15) is 0 Å². The molecule has 1 aromatic carbocycles. The van der Waals surface area contributed by atoms with E-state index in [2.05, 4.69) is 18.9 Å². The minimum Gasteiger partial charge on any atom is -0.326 e. The summed E-state index contributed by atoms with van der Waals surface area (Å²) >= 11 is 0. The zero-order chi connectivity index (χ0) is 15.2. The largest absolute Gasteiger partial charge is 0.326 e. The van der Waals surface area contributed by atoms with Gasteiger partial charge < -0.3 is 5.73 Å². The van der Waals surface area contributed by atoms with Gasteiger partial charge in [-0.3, -0.25) is 4.90 Å². The van der Waals surface area contributed by atoms with Gasteiger partial charge in [0.15, 0.2) is 0 Å². The minimum atomic E-state index is -0.133. The fourth-order valence-electron chi connectivity index (χ4n) is 3.58. The van der Waals surface area contributed by atoms with Crippen molar-refractivity contribution in [2.24, 2.45) is 5.73 Å². The van der Waals surface area contributed by atoms with Gasteiger partial charge in [0, 0.05) is 17.6 Å². The van der Waals surface area contributed by atoms with Crippen molar-refractivity contribution in [2.75, 3.05) is 7.05 Å². The molecule has 3 heteroatoms. The molecule has 2 unspecified atom stereocenters. The second-order valence-electron chi connectivity index (χ2n) is 6.35. The number of rotatable bonds is 5. The summed E-state index contributed by atoms with van der Waals surface area (Å²) < 4.78 is 14.3. The van der Waals surface area contributed by atoms with Crippen molar-refractivity contribution in [3.63, 3.8) is 0 Å². The zero-order valence-corrected chi connectivity index (χ0v) is 13.4. The highest BCUT2D eigenvalue weighted by molar-refractivity contribution is 5.23. The van der Waals surface area contributed by atoms with Crippen LogP contribution in [0.2, 0.25) is 0 Å². The van der Waals surface area contributed by atoms with Crippen molar-refractivity contribution >= 4 is 0 Å². The van der Waals surface area contributed by atoms with E-state index in [4.69, 9.17) is 5.73 Å². The van der Waals surface area contributed by atoms with E-state index in [1.165, 1.54) is 38.5 Å². The molecule has 2 rings (SSSR count). The fourth-order valence-corrected chi connectivity index (χ4v) is 3.58. The number of nitrogens with two attached hydrogens (primary N) is 1. The monoisotopic (exact) mass is 292 g/mol. The van der Waals surface area contributed by atoms with Crippen LogP contribution < -0.4 is 5.73 Å². The predicted molar refractivity (Wildman–Crippen MR) is 86.7 cm³/mol. The fraction of sp³-hybridized carbons (Fsp3) is 0.667. The van der Waals surface area contributed by atoms with Crippen LogP contribution in [0, 0.1) is 5.82 Å². The third-order valence-corrected chi connectivity index (χ3v) is 4.94. The highest BCUT2D eigenvalue weighted by Gasteiger charge is 2.30. The van der Waals surface area contributed by atoms with Gasteiger partial charge in [0.1, 0.15) is 5.82 Å². The van der Waals surface area contributed by atoms with Crippen LogP contribution in [0.25, 0.3) is 0 Å². The van der Waals surface area contributed by atoms with Crippen LogP contribution >= 0.6 is 0 Å². The molecular formula is C18H29FN2. The summed E-state index contributed by atoms with van der Waals surface area (Å²) in [6.45, 7) is 2.08. The lowest BCUT2D eigenvalue weighted by Gasteiger charge is -2.38. The normalized spacial score (nSPS) is 20.2. The molecule has 0 spiro atoms. The van der Waals surface area contributed by atoms with Gasteiger partial charge in [-0.1, -0.05) is 50.8 Å². The van der Waals surface area contributed by atoms with Crippen LogP contribution in [-0.2, 0) is 0 Å². The molecule has 1 saturated carbocycles. The van der Waals surface area contributed by atoms with Gasteiger partial charge in [0.25, 0.3) is 0 Å². The molecule has 0 bridgehead atoms. The molecule has 0 aromatic heterocycles. The molecule has 0 aliphatic heterocycles. The summed E-state index contributed by atoms with van der Waals surface area (Å²) in [5.41, 5.74) is 7.11. The number of benzene rings is 1. The van der Waals surface area contributed by atoms with E-state index >= 15 is 0 Å². The Labute approximate surface area is 128 Å². The number of nitrogens with zero attached hydrogens (tertiary/aromatic N) is 1. The number of hydrogen-bond acceptors (Lipinski definition) is 2. The molecule has 2 nitrogen and oxygen atoms in total. The van der Waals surface area contributed by atoms with Gasteiger partial charge in [0.2, 0.25) is 0 Å². The quantitative estimate of drug-likeness (QED) is 0.822. The molecule has 0 saturated heterocycles. The van der Waals surface area contributed by atoms with Crippen LogP contribution in [-0.4, -0.2) is 24.0 Å². The maximum Gasteiger partial charge on any atom is 0.128 e. The number of hydrogen-bond donors (Lipinski definition) is 1. The van der Waals surface area contributed by atoms with E-state index in [-0.39, 0.29) is 17.9 Å². The van der Waals surface area contributed by atoms with Crippen molar-refractivity contribution < 1.29 is 4.39 Å². The van der Waals surface area contributed by atoms with Gasteiger partial charge in [-0.15, -0.1) is 0 Å². The molecule has 1 aliphatic rings. The summed E-state index contributed by atoms with van der Waals surface area (Å²) in [6, 6.07) is 7.56. The Hall–Kier alpha value is -0.930. The van der Waals surface area contributed by atoms with Crippen LogP contribution in [0.5, 0.6) is 0 Å². The van der Waals surface area contributed by atoms with Crippen molar-refractivity contribution in [3.05, 3.63) is 35.6 Å². The number of halogens is 1. The lowest BCUT2D eigenvalue weighted by Crippen LogP contribution is -2.44. The van der Waals surface area contributed by atoms with Crippen molar-refractivity contribution in [1.82, 2.24) is 4.90 Å². The predicted octanol–water partition coefficient (Wildman–Crippen LogP) is 4.26. The topological polar surface area (TPSA) is 29.3 Å². The molecule has 2 atom stereocenters. The Balaban J connectivity index is 2.24. The second-order valence-corrected chi connectivity index (χ2v) is 6.35. The maximum absolute atomic E-state index is 14.3. The Morgan fingerprint density at radius 2 is 1.81 bits per heavy atom. The van der Waals surface area contributed by atoms with E-state index in [0.717, 1.165) is 12.0 Å². The molecular weight excluding hydrogens is 263 g/mol. The molecule has 0 heterocycles. The molecule has 21 heavy (non-hydrogen) atoms. The first-order valence-electron chi connectivity index (χ1n) is 8.37.